The average Bonchev–Trinajstić information content (AvgIpc) is 2.80. The quantitative estimate of drug-likeness (QED) is 0.703. The summed E-state index contributed by atoms with van der Waals surface area (Å²) in [5, 5.41) is 14.0. The number of rotatable bonds is 7. The van der Waals surface area contributed by atoms with Crippen LogP contribution in [0.1, 0.15) is 30.9 Å². The van der Waals surface area contributed by atoms with E-state index >= 15 is 0 Å². The monoisotopic (exact) mass is 284 g/mol. The average molecular weight is 284 g/mol. The van der Waals surface area contributed by atoms with E-state index in [9.17, 15) is 9.59 Å². The van der Waals surface area contributed by atoms with Crippen LogP contribution in [0.4, 0.5) is 4.79 Å². The maximum absolute atomic E-state index is 11.7. The first-order valence-electron chi connectivity index (χ1n) is 6.29. The van der Waals surface area contributed by atoms with Gasteiger partial charge in [-0.15, -0.1) is 0 Å². The maximum atomic E-state index is 11.7. The second-order valence-corrected chi connectivity index (χ2v) is 4.46. The van der Waals surface area contributed by atoms with Gasteiger partial charge in [-0.05, 0) is 26.0 Å². The van der Waals surface area contributed by atoms with Crippen molar-refractivity contribution in [3.05, 3.63) is 23.7 Å². The molecule has 7 heteroatoms. The van der Waals surface area contributed by atoms with E-state index in [-0.39, 0.29) is 19.1 Å². The number of hydrogen-bond donors (Lipinski definition) is 3. The number of carboxylic acid groups (broad SMARTS) is 1. The number of hydrogen-bond acceptors (Lipinski definition) is 4. The van der Waals surface area contributed by atoms with Crippen LogP contribution in [0.5, 0.6) is 0 Å². The highest BCUT2D eigenvalue weighted by atomic mass is 16.5. The molecule has 2 atom stereocenters. The number of aryl methyl sites for hydroxylation is 1. The number of amides is 2. The van der Waals surface area contributed by atoms with Crippen molar-refractivity contribution < 1.29 is 23.8 Å². The summed E-state index contributed by atoms with van der Waals surface area (Å²) < 4.78 is 10.2. The van der Waals surface area contributed by atoms with Gasteiger partial charge in [0.1, 0.15) is 17.6 Å². The summed E-state index contributed by atoms with van der Waals surface area (Å²) in [4.78, 5) is 22.7. The number of urea groups is 1. The van der Waals surface area contributed by atoms with E-state index < -0.39 is 18.0 Å². The van der Waals surface area contributed by atoms with Crippen molar-refractivity contribution in [2.24, 2.45) is 0 Å². The second kappa shape index (κ2) is 7.54. The molecule has 0 aromatic carbocycles. The lowest BCUT2D eigenvalue weighted by Gasteiger charge is -2.17. The molecule has 20 heavy (non-hydrogen) atoms. The van der Waals surface area contributed by atoms with Crippen molar-refractivity contribution in [3.63, 3.8) is 0 Å². The zero-order valence-electron chi connectivity index (χ0n) is 11.8. The fourth-order valence-electron chi connectivity index (χ4n) is 1.65. The highest BCUT2D eigenvalue weighted by molar-refractivity contribution is 5.82. The number of furan rings is 1. The minimum atomic E-state index is -1.10. The topological polar surface area (TPSA) is 101 Å². The molecular formula is C13H20N2O5. The fourth-order valence-corrected chi connectivity index (χ4v) is 1.65. The molecule has 1 aromatic heterocycles. The molecule has 1 aromatic rings. The van der Waals surface area contributed by atoms with Crippen LogP contribution in [0, 0.1) is 6.92 Å². The van der Waals surface area contributed by atoms with Crippen LogP contribution in [0.25, 0.3) is 0 Å². The molecule has 1 rings (SSSR count). The van der Waals surface area contributed by atoms with Crippen LogP contribution in [0.15, 0.2) is 16.5 Å². The molecule has 3 N–H and O–H groups in total. The van der Waals surface area contributed by atoms with Crippen LogP contribution in [0.3, 0.4) is 0 Å². The summed E-state index contributed by atoms with van der Waals surface area (Å²) in [5.41, 5.74) is 0. The summed E-state index contributed by atoms with van der Waals surface area (Å²) in [6, 6.07) is 1.67. The van der Waals surface area contributed by atoms with Crippen molar-refractivity contribution in [1.82, 2.24) is 10.6 Å². The summed E-state index contributed by atoms with van der Waals surface area (Å²) in [6.45, 7) is 3.81. The van der Waals surface area contributed by atoms with Gasteiger partial charge in [-0.2, -0.15) is 0 Å². The Bertz CT molecular complexity index is 457. The van der Waals surface area contributed by atoms with Gasteiger partial charge < -0.3 is 24.9 Å². The van der Waals surface area contributed by atoms with Crippen molar-refractivity contribution in [3.8, 4) is 0 Å². The number of carboxylic acids is 1. The van der Waals surface area contributed by atoms with E-state index in [0.717, 1.165) is 5.76 Å². The van der Waals surface area contributed by atoms with Gasteiger partial charge in [0.15, 0.2) is 0 Å². The van der Waals surface area contributed by atoms with Gasteiger partial charge in [-0.25, -0.2) is 9.59 Å². The Balaban J connectivity index is 2.50. The molecule has 0 saturated carbocycles. The lowest BCUT2D eigenvalue weighted by atomic mass is 10.2. The van der Waals surface area contributed by atoms with E-state index in [1.54, 1.807) is 19.1 Å². The Hall–Kier alpha value is -2.02. The lowest BCUT2D eigenvalue weighted by Crippen LogP contribution is -2.47. The van der Waals surface area contributed by atoms with Crippen LogP contribution in [-0.4, -0.2) is 36.9 Å². The third kappa shape index (κ3) is 4.93. The van der Waals surface area contributed by atoms with Crippen molar-refractivity contribution >= 4 is 12.0 Å². The molecule has 0 aliphatic heterocycles. The predicted octanol–water partition coefficient (Wildman–Crippen LogP) is 1.44. The van der Waals surface area contributed by atoms with Crippen LogP contribution in [-0.2, 0) is 9.53 Å². The molecule has 0 fully saturated rings. The second-order valence-electron chi connectivity index (χ2n) is 4.46. The third-order valence-electron chi connectivity index (χ3n) is 2.75. The molecule has 0 radical (unpaired) electrons. The van der Waals surface area contributed by atoms with Gasteiger partial charge in [-0.1, -0.05) is 0 Å². The van der Waals surface area contributed by atoms with E-state index in [0.29, 0.717) is 5.76 Å². The van der Waals surface area contributed by atoms with Gasteiger partial charge in [0.2, 0.25) is 0 Å². The smallest absolute Gasteiger partial charge is 0.326 e. The highest BCUT2D eigenvalue weighted by Crippen LogP contribution is 2.15. The Morgan fingerprint density at radius 2 is 2.10 bits per heavy atom. The van der Waals surface area contributed by atoms with E-state index in [1.165, 1.54) is 7.11 Å². The first kappa shape index (κ1) is 16.0. The molecule has 0 spiro atoms. The van der Waals surface area contributed by atoms with Gasteiger partial charge in [-0.3, -0.25) is 0 Å². The largest absolute Gasteiger partial charge is 0.480 e. The normalized spacial score (nSPS) is 13.6. The molecule has 2 amide bonds. The number of carbonyl (C=O) groups is 2. The molecule has 2 unspecified atom stereocenters. The molecule has 7 nitrogen and oxygen atoms in total. The first-order chi connectivity index (χ1) is 9.43. The first-order valence-corrected chi connectivity index (χ1v) is 6.29. The maximum Gasteiger partial charge on any atom is 0.326 e. The van der Waals surface area contributed by atoms with Gasteiger partial charge in [0.05, 0.1) is 6.04 Å². The SMILES string of the molecule is COCCC(NC(=O)NC(C)c1ccc(C)o1)C(=O)O. The Kier molecular flexibility index (Phi) is 6.05. The zero-order valence-corrected chi connectivity index (χ0v) is 11.8. The Morgan fingerprint density at radius 3 is 2.60 bits per heavy atom. The highest BCUT2D eigenvalue weighted by Gasteiger charge is 2.21. The summed E-state index contributed by atoms with van der Waals surface area (Å²) in [6.07, 6.45) is 0.202. The number of ether oxygens (including phenoxy) is 1. The standard InChI is InChI=1S/C13H20N2O5/c1-8-4-5-11(20-8)9(2)14-13(18)15-10(12(16)17)6-7-19-3/h4-5,9-10H,6-7H2,1-3H3,(H,16,17)(H2,14,15,18). The number of aliphatic carboxylic acids is 1. The molecule has 0 bridgehead atoms. The molecule has 0 saturated heterocycles. The molecule has 112 valence electrons. The van der Waals surface area contributed by atoms with Crippen molar-refractivity contribution in [1.29, 1.82) is 0 Å². The predicted molar refractivity (Wildman–Crippen MR) is 71.4 cm³/mol. The van der Waals surface area contributed by atoms with Crippen molar-refractivity contribution in [2.75, 3.05) is 13.7 Å². The zero-order chi connectivity index (χ0) is 15.1. The number of nitrogens with one attached hydrogen (secondary N) is 2. The minimum Gasteiger partial charge on any atom is -0.480 e. The molecule has 0 aliphatic rings. The molecule has 0 aliphatic carbocycles. The van der Waals surface area contributed by atoms with E-state index in [4.69, 9.17) is 14.3 Å². The summed E-state index contributed by atoms with van der Waals surface area (Å²) in [5.74, 6) is 0.262. The van der Waals surface area contributed by atoms with Crippen LogP contribution >= 0.6 is 0 Å². The van der Waals surface area contributed by atoms with Gasteiger partial charge in [0.25, 0.3) is 0 Å². The van der Waals surface area contributed by atoms with Crippen molar-refractivity contribution in [2.45, 2.75) is 32.4 Å². The lowest BCUT2D eigenvalue weighted by molar-refractivity contribution is -0.139. The van der Waals surface area contributed by atoms with Crippen LogP contribution < -0.4 is 10.6 Å². The third-order valence-corrected chi connectivity index (χ3v) is 2.75. The molecule has 1 heterocycles. The Morgan fingerprint density at radius 1 is 1.40 bits per heavy atom. The van der Waals surface area contributed by atoms with Gasteiger partial charge in [0, 0.05) is 20.1 Å². The Labute approximate surface area is 117 Å². The van der Waals surface area contributed by atoms with E-state index in [2.05, 4.69) is 10.6 Å². The number of methoxy groups -OCH3 is 1. The summed E-state index contributed by atoms with van der Waals surface area (Å²) >= 11 is 0. The van der Waals surface area contributed by atoms with E-state index in [1.807, 2.05) is 6.92 Å². The summed E-state index contributed by atoms with van der Waals surface area (Å²) in [7, 11) is 1.47. The van der Waals surface area contributed by atoms with Gasteiger partial charge >= 0.3 is 12.0 Å². The fraction of sp³-hybridized carbons (Fsp3) is 0.538. The van der Waals surface area contributed by atoms with Crippen LogP contribution in [0.2, 0.25) is 0 Å². The molecular weight excluding hydrogens is 264 g/mol. The minimum absolute atomic E-state index is 0.202. The number of carbonyl (C=O) groups excluding carboxylic acids is 1.